The Morgan fingerprint density at radius 2 is 1.53 bits per heavy atom. The second-order valence-electron chi connectivity index (χ2n) is 3.96. The summed E-state index contributed by atoms with van der Waals surface area (Å²) in [5, 5.41) is 7.59. The molecule has 0 amide bonds. The van der Waals surface area contributed by atoms with E-state index in [1.165, 1.54) is 32.4 Å². The Morgan fingerprint density at radius 3 is 1.59 bits per heavy atom. The summed E-state index contributed by atoms with van der Waals surface area (Å²) in [6.07, 6.45) is 4.36. The molecule has 10 heteroatoms. The molecule has 1 aliphatic rings. The maximum absolute atomic E-state index is 10.2. The topological polar surface area (TPSA) is 155 Å². The standard InChI is InChI=1S/C5H11N.C2H8O7P2/c1-2-4-6-5-3-1;1-2(3,10(4,5)6)11(7,8)9/h6H,1-5H2;3H,1H3,(H2,4,5,6)(H2,7,8,9). The Morgan fingerprint density at radius 1 is 1.12 bits per heavy atom. The molecule has 1 fully saturated rings. The van der Waals surface area contributed by atoms with Gasteiger partial charge in [-0.3, -0.25) is 4.57 Å². The SMILES string of the molecule is C1CC[NH2+]CC1.CC(O)(P(=O)([O-])O)P(=O)(O)O. The van der Waals surface area contributed by atoms with E-state index < -0.39 is 20.3 Å². The largest absolute Gasteiger partial charge is 0.776 e. The van der Waals surface area contributed by atoms with Crippen molar-refractivity contribution < 1.29 is 39.1 Å². The predicted molar refractivity (Wildman–Crippen MR) is 58.0 cm³/mol. The molecule has 104 valence electrons. The number of hydrogen-bond donors (Lipinski definition) is 5. The third-order valence-corrected chi connectivity index (χ3v) is 6.12. The highest BCUT2D eigenvalue weighted by atomic mass is 31.2. The normalized spacial score (nSPS) is 23.9. The minimum Gasteiger partial charge on any atom is -0.776 e. The summed E-state index contributed by atoms with van der Waals surface area (Å²) in [5.41, 5.74) is 0. The van der Waals surface area contributed by atoms with Gasteiger partial charge in [0.15, 0.2) is 7.60 Å². The van der Waals surface area contributed by atoms with Gasteiger partial charge in [0.2, 0.25) is 5.08 Å². The van der Waals surface area contributed by atoms with Crippen molar-refractivity contribution in [2.75, 3.05) is 13.1 Å². The lowest BCUT2D eigenvalue weighted by Gasteiger charge is -2.32. The highest BCUT2D eigenvalue weighted by Gasteiger charge is 2.48. The molecule has 1 heterocycles. The Balaban J connectivity index is 0.000000354. The minimum absolute atomic E-state index is 0.321. The average Bonchev–Trinajstić information content (AvgIpc) is 2.18. The van der Waals surface area contributed by atoms with E-state index in [0.717, 1.165) is 0 Å². The summed E-state index contributed by atoms with van der Waals surface area (Å²) < 4.78 is 20.4. The van der Waals surface area contributed by atoms with Crippen LogP contribution in [0.3, 0.4) is 0 Å². The predicted octanol–water partition coefficient (Wildman–Crippen LogP) is -1.89. The zero-order valence-electron chi connectivity index (χ0n) is 9.52. The maximum Gasteiger partial charge on any atom is 0.365 e. The summed E-state index contributed by atoms with van der Waals surface area (Å²) >= 11 is 0. The van der Waals surface area contributed by atoms with Crippen molar-refractivity contribution >= 4 is 15.2 Å². The molecule has 0 aromatic carbocycles. The fourth-order valence-electron chi connectivity index (χ4n) is 1.06. The number of aliphatic hydroxyl groups is 1. The van der Waals surface area contributed by atoms with Crippen molar-refractivity contribution in [3.63, 3.8) is 0 Å². The molecule has 0 radical (unpaired) electrons. The molecular formula is C7H19NO7P2. The monoisotopic (exact) mass is 291 g/mol. The first-order valence-corrected chi connectivity index (χ1v) is 8.32. The molecule has 1 aliphatic heterocycles. The highest BCUT2D eigenvalue weighted by molar-refractivity contribution is 7.71. The lowest BCUT2D eigenvalue weighted by Crippen LogP contribution is -2.85. The van der Waals surface area contributed by atoms with Crippen LogP contribution in [0.2, 0.25) is 0 Å². The second kappa shape index (κ2) is 6.41. The van der Waals surface area contributed by atoms with Gasteiger partial charge in [0, 0.05) is 0 Å². The molecule has 8 nitrogen and oxygen atoms in total. The van der Waals surface area contributed by atoms with Crippen LogP contribution in [0.25, 0.3) is 0 Å². The van der Waals surface area contributed by atoms with Crippen LogP contribution < -0.4 is 10.2 Å². The zero-order valence-corrected chi connectivity index (χ0v) is 11.3. The highest BCUT2D eigenvalue weighted by Crippen LogP contribution is 2.64. The lowest BCUT2D eigenvalue weighted by atomic mass is 10.2. The molecule has 2 atom stereocenters. The molecular weight excluding hydrogens is 272 g/mol. The second-order valence-corrected chi connectivity index (χ2v) is 8.19. The number of hydrogen-bond acceptors (Lipinski definition) is 4. The summed E-state index contributed by atoms with van der Waals surface area (Å²) in [4.78, 5) is 34.7. The van der Waals surface area contributed by atoms with Gasteiger partial charge in [-0.25, -0.2) is 0 Å². The van der Waals surface area contributed by atoms with Crippen LogP contribution in [-0.4, -0.2) is 38.0 Å². The van der Waals surface area contributed by atoms with Crippen molar-refractivity contribution in [1.82, 2.24) is 0 Å². The first kappa shape index (κ1) is 17.2. The molecule has 2 unspecified atom stereocenters. The summed E-state index contributed by atoms with van der Waals surface area (Å²) in [6, 6.07) is 0. The molecule has 0 spiro atoms. The fourth-order valence-corrected chi connectivity index (χ4v) is 2.38. The van der Waals surface area contributed by atoms with Crippen LogP contribution in [0.5, 0.6) is 0 Å². The van der Waals surface area contributed by atoms with Gasteiger partial charge in [0.05, 0.1) is 13.1 Å². The smallest absolute Gasteiger partial charge is 0.365 e. The number of nitrogens with two attached hydrogens (primary N) is 1. The van der Waals surface area contributed by atoms with Gasteiger partial charge in [0.1, 0.15) is 0 Å². The first-order chi connectivity index (χ1) is 7.50. The van der Waals surface area contributed by atoms with Crippen molar-refractivity contribution in [3.8, 4) is 0 Å². The van der Waals surface area contributed by atoms with Crippen LogP contribution in [0, 0.1) is 0 Å². The number of quaternary nitrogens is 1. The summed E-state index contributed by atoms with van der Waals surface area (Å²) in [5.74, 6) is 0. The molecule has 6 N–H and O–H groups in total. The molecule has 17 heavy (non-hydrogen) atoms. The van der Waals surface area contributed by atoms with Crippen LogP contribution in [0.4, 0.5) is 0 Å². The van der Waals surface area contributed by atoms with E-state index in [2.05, 4.69) is 5.32 Å². The van der Waals surface area contributed by atoms with E-state index in [4.69, 9.17) is 19.8 Å². The van der Waals surface area contributed by atoms with Crippen LogP contribution in [-0.2, 0) is 9.13 Å². The maximum atomic E-state index is 10.2. The molecule has 0 aliphatic carbocycles. The Bertz CT molecular complexity index is 281. The van der Waals surface area contributed by atoms with Gasteiger partial charge in [-0.15, -0.1) is 0 Å². The number of rotatable bonds is 2. The first-order valence-electron chi connectivity index (χ1n) is 5.14. The van der Waals surface area contributed by atoms with Crippen molar-refractivity contribution in [3.05, 3.63) is 0 Å². The zero-order chi connectivity index (χ0) is 13.7. The third-order valence-electron chi connectivity index (χ3n) is 2.40. The minimum atomic E-state index is -5.45. The summed E-state index contributed by atoms with van der Waals surface area (Å²) in [6.45, 7) is 3.07. The summed E-state index contributed by atoms with van der Waals surface area (Å²) in [7, 11) is -10.7. The Kier molecular flexibility index (Phi) is 6.49. The van der Waals surface area contributed by atoms with E-state index in [0.29, 0.717) is 6.92 Å². The quantitative estimate of drug-likeness (QED) is 0.372. The van der Waals surface area contributed by atoms with Crippen molar-refractivity contribution in [2.24, 2.45) is 0 Å². The van der Waals surface area contributed by atoms with E-state index in [1.807, 2.05) is 0 Å². The molecule has 1 rings (SSSR count). The molecule has 0 aromatic rings. The fraction of sp³-hybridized carbons (Fsp3) is 1.00. The lowest BCUT2D eigenvalue weighted by molar-refractivity contribution is -0.662. The van der Waals surface area contributed by atoms with Crippen LogP contribution in [0.1, 0.15) is 26.2 Å². The van der Waals surface area contributed by atoms with Gasteiger partial charge < -0.3 is 34.6 Å². The van der Waals surface area contributed by atoms with Crippen LogP contribution in [0.15, 0.2) is 0 Å². The van der Waals surface area contributed by atoms with Crippen molar-refractivity contribution in [2.45, 2.75) is 31.3 Å². The van der Waals surface area contributed by atoms with E-state index in [-0.39, 0.29) is 0 Å². The third kappa shape index (κ3) is 5.59. The van der Waals surface area contributed by atoms with Gasteiger partial charge >= 0.3 is 7.60 Å². The van der Waals surface area contributed by atoms with Crippen molar-refractivity contribution in [1.29, 1.82) is 0 Å². The Hall–Kier alpha value is 0.220. The Labute approximate surface area is 99.4 Å². The van der Waals surface area contributed by atoms with E-state index in [1.54, 1.807) is 0 Å². The van der Waals surface area contributed by atoms with Gasteiger partial charge in [-0.1, -0.05) is 0 Å². The molecule has 0 aromatic heterocycles. The molecule has 1 saturated heterocycles. The average molecular weight is 291 g/mol. The molecule has 0 bridgehead atoms. The van der Waals surface area contributed by atoms with Gasteiger partial charge in [0.25, 0.3) is 0 Å². The van der Waals surface area contributed by atoms with Gasteiger partial charge in [-0.2, -0.15) is 0 Å². The van der Waals surface area contributed by atoms with E-state index >= 15 is 0 Å². The van der Waals surface area contributed by atoms with E-state index in [9.17, 15) is 14.0 Å². The van der Waals surface area contributed by atoms with Crippen LogP contribution >= 0.6 is 15.2 Å². The van der Waals surface area contributed by atoms with Gasteiger partial charge in [-0.05, 0) is 26.2 Å². The molecule has 0 saturated carbocycles. The number of piperidine rings is 1.